The first-order chi connectivity index (χ1) is 11.8. The number of ether oxygens (including phenoxy) is 2. The minimum Gasteiger partial charge on any atom is -0.454 e. The molecule has 0 amide bonds. The summed E-state index contributed by atoms with van der Waals surface area (Å²) < 4.78 is 10.7. The van der Waals surface area contributed by atoms with Crippen LogP contribution in [0, 0.1) is 5.92 Å². The third kappa shape index (κ3) is 3.08. The summed E-state index contributed by atoms with van der Waals surface area (Å²) in [7, 11) is 0. The predicted molar refractivity (Wildman–Crippen MR) is 95.4 cm³/mol. The first kappa shape index (κ1) is 14.7. The molecule has 2 aliphatic rings. The number of pyridine rings is 1. The summed E-state index contributed by atoms with van der Waals surface area (Å²) in [5, 5.41) is 0. The third-order valence-corrected chi connectivity index (χ3v) is 4.05. The van der Waals surface area contributed by atoms with Crippen LogP contribution in [0.25, 0.3) is 12.2 Å². The summed E-state index contributed by atoms with van der Waals surface area (Å²) >= 11 is 0. The molecular formula is C20H18N2O2. The summed E-state index contributed by atoms with van der Waals surface area (Å²) in [6.07, 6.45) is 10.2. The topological polar surface area (TPSA) is 43.7 Å². The van der Waals surface area contributed by atoms with Gasteiger partial charge < -0.3 is 9.47 Å². The lowest BCUT2D eigenvalue weighted by Crippen LogP contribution is -2.09. The Kier molecular flexibility index (Phi) is 3.87. The number of nitrogens with zero attached hydrogens (tertiary/aromatic N) is 2. The van der Waals surface area contributed by atoms with Crippen molar-refractivity contribution in [1.82, 2.24) is 4.98 Å². The van der Waals surface area contributed by atoms with Crippen LogP contribution in [0.4, 0.5) is 0 Å². The molecule has 0 saturated heterocycles. The lowest BCUT2D eigenvalue weighted by atomic mass is 10.1. The zero-order valence-electron chi connectivity index (χ0n) is 13.5. The molecule has 0 bridgehead atoms. The smallest absolute Gasteiger partial charge is 0.231 e. The molecule has 1 aromatic heterocycles. The highest BCUT2D eigenvalue weighted by Gasteiger charge is 2.12. The minimum absolute atomic E-state index is 0.297. The average molecular weight is 318 g/mol. The second-order valence-corrected chi connectivity index (χ2v) is 5.99. The largest absolute Gasteiger partial charge is 0.454 e. The fourth-order valence-electron chi connectivity index (χ4n) is 2.64. The zero-order valence-corrected chi connectivity index (χ0v) is 13.5. The van der Waals surface area contributed by atoms with Crippen molar-refractivity contribution in [2.45, 2.75) is 6.92 Å². The standard InChI is InChI=1S/C20H18N2O2/c1-14-2-7-17(21-11-14)18-8-5-16(12-22-18)4-3-15-6-9-19-20(10-15)24-13-23-19/h2-10,12,14H,11,13H2,1H3/b4-3+. The molecule has 24 heavy (non-hydrogen) atoms. The van der Waals surface area contributed by atoms with Gasteiger partial charge in [0, 0.05) is 12.7 Å². The van der Waals surface area contributed by atoms with Gasteiger partial charge in [-0.05, 0) is 41.3 Å². The highest BCUT2D eigenvalue weighted by atomic mass is 16.7. The Morgan fingerprint density at radius 2 is 1.88 bits per heavy atom. The summed E-state index contributed by atoms with van der Waals surface area (Å²) in [4.78, 5) is 9.08. The predicted octanol–water partition coefficient (Wildman–Crippen LogP) is 3.98. The van der Waals surface area contributed by atoms with Crippen LogP contribution < -0.4 is 9.47 Å². The molecule has 0 radical (unpaired) electrons. The van der Waals surface area contributed by atoms with E-state index in [2.05, 4.69) is 35.1 Å². The maximum Gasteiger partial charge on any atom is 0.231 e. The lowest BCUT2D eigenvalue weighted by Gasteiger charge is -2.10. The Labute approximate surface area is 141 Å². The number of fused-ring (bicyclic) bond motifs is 1. The molecular weight excluding hydrogens is 300 g/mol. The zero-order chi connectivity index (χ0) is 16.4. The second-order valence-electron chi connectivity index (χ2n) is 5.99. The van der Waals surface area contributed by atoms with Gasteiger partial charge in [0.15, 0.2) is 11.5 Å². The van der Waals surface area contributed by atoms with E-state index >= 15 is 0 Å². The van der Waals surface area contributed by atoms with Gasteiger partial charge in [-0.3, -0.25) is 9.98 Å². The van der Waals surface area contributed by atoms with Crippen LogP contribution in [0.15, 0.2) is 53.7 Å². The van der Waals surface area contributed by atoms with Crippen LogP contribution in [0.1, 0.15) is 23.7 Å². The van der Waals surface area contributed by atoms with Gasteiger partial charge in [-0.1, -0.05) is 37.3 Å². The van der Waals surface area contributed by atoms with Crippen LogP contribution in [0.3, 0.4) is 0 Å². The van der Waals surface area contributed by atoms with E-state index in [4.69, 9.17) is 9.47 Å². The summed E-state index contributed by atoms with van der Waals surface area (Å²) in [5.74, 6) is 2.11. The SMILES string of the molecule is CC1C=CC(c2ccc(/C=C/c3ccc4c(c3)OCO4)cn2)=NC1. The number of aliphatic imine (C=N–C) groups is 1. The molecule has 0 saturated carbocycles. The molecule has 0 fully saturated rings. The molecule has 2 aliphatic heterocycles. The number of rotatable bonds is 3. The molecule has 1 atom stereocenters. The van der Waals surface area contributed by atoms with Gasteiger partial charge in [0.2, 0.25) is 6.79 Å². The van der Waals surface area contributed by atoms with Crippen molar-refractivity contribution in [3.63, 3.8) is 0 Å². The van der Waals surface area contributed by atoms with Gasteiger partial charge >= 0.3 is 0 Å². The maximum absolute atomic E-state index is 5.39. The summed E-state index contributed by atoms with van der Waals surface area (Å²) in [6.45, 7) is 3.29. The van der Waals surface area contributed by atoms with Crippen molar-refractivity contribution in [1.29, 1.82) is 0 Å². The molecule has 4 nitrogen and oxygen atoms in total. The molecule has 1 aromatic carbocycles. The summed E-state index contributed by atoms with van der Waals surface area (Å²) in [6, 6.07) is 9.98. The number of aromatic nitrogens is 1. The minimum atomic E-state index is 0.297. The lowest BCUT2D eigenvalue weighted by molar-refractivity contribution is 0.174. The first-order valence-electron chi connectivity index (χ1n) is 8.05. The van der Waals surface area contributed by atoms with E-state index in [-0.39, 0.29) is 0 Å². The third-order valence-electron chi connectivity index (χ3n) is 4.05. The van der Waals surface area contributed by atoms with Gasteiger partial charge in [0.1, 0.15) is 0 Å². The van der Waals surface area contributed by atoms with Crippen LogP contribution in [-0.4, -0.2) is 24.0 Å². The Hall–Kier alpha value is -2.88. The number of benzene rings is 1. The second kappa shape index (κ2) is 6.32. The van der Waals surface area contributed by atoms with Crippen molar-refractivity contribution in [3.8, 4) is 11.5 Å². The first-order valence-corrected chi connectivity index (χ1v) is 8.05. The van der Waals surface area contributed by atoms with E-state index < -0.39 is 0 Å². The molecule has 1 unspecified atom stereocenters. The quantitative estimate of drug-likeness (QED) is 0.860. The molecule has 3 heterocycles. The van der Waals surface area contributed by atoms with Gasteiger partial charge in [-0.25, -0.2) is 0 Å². The van der Waals surface area contributed by atoms with Gasteiger partial charge in [-0.2, -0.15) is 0 Å². The van der Waals surface area contributed by atoms with Crippen molar-refractivity contribution in [2.75, 3.05) is 13.3 Å². The fourth-order valence-corrected chi connectivity index (χ4v) is 2.64. The van der Waals surface area contributed by atoms with E-state index in [0.717, 1.165) is 40.6 Å². The van der Waals surface area contributed by atoms with E-state index in [1.807, 2.05) is 42.6 Å². The molecule has 0 aliphatic carbocycles. The van der Waals surface area contributed by atoms with Crippen LogP contribution >= 0.6 is 0 Å². The molecule has 120 valence electrons. The van der Waals surface area contributed by atoms with E-state index in [1.165, 1.54) is 0 Å². The van der Waals surface area contributed by atoms with Crippen molar-refractivity contribution in [2.24, 2.45) is 10.9 Å². The molecule has 4 rings (SSSR count). The Bertz CT molecular complexity index is 835. The maximum atomic E-state index is 5.39. The van der Waals surface area contributed by atoms with Crippen LogP contribution in [0.2, 0.25) is 0 Å². The highest BCUT2D eigenvalue weighted by molar-refractivity contribution is 6.07. The van der Waals surface area contributed by atoms with Gasteiger partial charge in [0.25, 0.3) is 0 Å². The molecule has 0 N–H and O–H groups in total. The highest BCUT2D eigenvalue weighted by Crippen LogP contribution is 2.32. The average Bonchev–Trinajstić information content (AvgIpc) is 3.09. The van der Waals surface area contributed by atoms with Crippen LogP contribution in [0.5, 0.6) is 11.5 Å². The number of hydrogen-bond acceptors (Lipinski definition) is 4. The monoisotopic (exact) mass is 318 g/mol. The van der Waals surface area contributed by atoms with Crippen molar-refractivity contribution < 1.29 is 9.47 Å². The Morgan fingerprint density at radius 3 is 2.67 bits per heavy atom. The normalized spacial score (nSPS) is 18.9. The Morgan fingerprint density at radius 1 is 1.04 bits per heavy atom. The van der Waals surface area contributed by atoms with Crippen molar-refractivity contribution >= 4 is 17.9 Å². The van der Waals surface area contributed by atoms with Crippen LogP contribution in [-0.2, 0) is 0 Å². The molecule has 4 heteroatoms. The number of dihydropyridines is 1. The van der Waals surface area contributed by atoms with Gasteiger partial charge in [-0.15, -0.1) is 0 Å². The molecule has 0 spiro atoms. The van der Waals surface area contributed by atoms with E-state index in [0.29, 0.717) is 12.7 Å². The van der Waals surface area contributed by atoms with Gasteiger partial charge in [0.05, 0.1) is 11.4 Å². The summed E-state index contributed by atoms with van der Waals surface area (Å²) in [5.41, 5.74) is 3.99. The number of allylic oxidation sites excluding steroid dienone is 1. The molecule has 2 aromatic rings. The Balaban J connectivity index is 1.48. The van der Waals surface area contributed by atoms with E-state index in [9.17, 15) is 0 Å². The van der Waals surface area contributed by atoms with Crippen molar-refractivity contribution in [3.05, 3.63) is 65.5 Å². The number of hydrogen-bond donors (Lipinski definition) is 0. The fraction of sp³-hybridized carbons (Fsp3) is 0.200. The van der Waals surface area contributed by atoms with E-state index in [1.54, 1.807) is 0 Å².